The predicted octanol–water partition coefficient (Wildman–Crippen LogP) is 4.69. The Morgan fingerprint density at radius 3 is 2.07 bits per heavy atom. The van der Waals surface area contributed by atoms with Crippen LogP contribution in [-0.4, -0.2) is 6.18 Å². The molecule has 0 heterocycles. The summed E-state index contributed by atoms with van der Waals surface area (Å²) in [6.45, 7) is 2.16. The fourth-order valence-corrected chi connectivity index (χ4v) is 1.24. The molecule has 0 fully saturated rings. The van der Waals surface area contributed by atoms with Crippen molar-refractivity contribution in [2.75, 3.05) is 0 Å². The van der Waals surface area contributed by atoms with E-state index in [9.17, 15) is 13.2 Å². The lowest BCUT2D eigenvalue weighted by Crippen LogP contribution is -2.04. The predicted molar refractivity (Wildman–Crippen MR) is 56.4 cm³/mol. The van der Waals surface area contributed by atoms with Crippen LogP contribution in [0, 0.1) is 11.8 Å². The van der Waals surface area contributed by atoms with Gasteiger partial charge in [0.15, 0.2) is 0 Å². The summed E-state index contributed by atoms with van der Waals surface area (Å²) in [5.74, 6) is 4.72. The third-order valence-electron chi connectivity index (χ3n) is 2.07. The van der Waals surface area contributed by atoms with Gasteiger partial charge in [0.2, 0.25) is 0 Å². The standard InChI is InChI=1S/C12H19F3/c1-2-3-4-5-6-7-8-9-10-11-12(13,14)15/h2-8,11H2,1H3. The van der Waals surface area contributed by atoms with Crippen molar-refractivity contribution < 1.29 is 13.2 Å². The summed E-state index contributed by atoms with van der Waals surface area (Å²) in [6, 6.07) is 0. The van der Waals surface area contributed by atoms with Crippen LogP contribution in [0.2, 0.25) is 0 Å². The largest absolute Gasteiger partial charge is 0.399 e. The van der Waals surface area contributed by atoms with Crippen molar-refractivity contribution in [1.29, 1.82) is 0 Å². The Kier molecular flexibility index (Phi) is 8.27. The molecule has 0 aliphatic carbocycles. The van der Waals surface area contributed by atoms with E-state index in [0.29, 0.717) is 6.42 Å². The monoisotopic (exact) mass is 220 g/mol. The van der Waals surface area contributed by atoms with Gasteiger partial charge < -0.3 is 0 Å². The van der Waals surface area contributed by atoms with Gasteiger partial charge >= 0.3 is 6.18 Å². The Balaban J connectivity index is 3.23. The first kappa shape index (κ1) is 14.3. The van der Waals surface area contributed by atoms with E-state index >= 15 is 0 Å². The van der Waals surface area contributed by atoms with Crippen molar-refractivity contribution in [3.05, 3.63) is 0 Å². The topological polar surface area (TPSA) is 0 Å². The highest BCUT2D eigenvalue weighted by Crippen LogP contribution is 2.18. The van der Waals surface area contributed by atoms with Gasteiger partial charge in [0.1, 0.15) is 6.42 Å². The molecule has 0 saturated heterocycles. The highest BCUT2D eigenvalue weighted by atomic mass is 19.4. The van der Waals surface area contributed by atoms with Gasteiger partial charge in [-0.15, -0.1) is 5.92 Å². The Morgan fingerprint density at radius 2 is 1.47 bits per heavy atom. The molecule has 0 spiro atoms. The molecule has 0 bridgehead atoms. The maximum Gasteiger partial charge on any atom is 0.399 e. The van der Waals surface area contributed by atoms with E-state index < -0.39 is 12.6 Å². The number of hydrogen-bond donors (Lipinski definition) is 0. The van der Waals surface area contributed by atoms with Crippen LogP contribution in [0.1, 0.15) is 58.3 Å². The third kappa shape index (κ3) is 13.3. The van der Waals surface area contributed by atoms with Gasteiger partial charge in [0, 0.05) is 6.42 Å². The van der Waals surface area contributed by atoms with Crippen LogP contribution in [0.3, 0.4) is 0 Å². The molecule has 3 heteroatoms. The van der Waals surface area contributed by atoms with Gasteiger partial charge in [-0.25, -0.2) is 0 Å². The van der Waals surface area contributed by atoms with Gasteiger partial charge in [-0.3, -0.25) is 0 Å². The molecule has 0 saturated carbocycles. The van der Waals surface area contributed by atoms with Crippen molar-refractivity contribution in [3.8, 4) is 11.8 Å². The summed E-state index contributed by atoms with van der Waals surface area (Å²) in [4.78, 5) is 0. The first-order valence-corrected chi connectivity index (χ1v) is 5.58. The van der Waals surface area contributed by atoms with E-state index in [1.54, 1.807) is 0 Å². The number of unbranched alkanes of at least 4 members (excludes halogenated alkanes) is 6. The van der Waals surface area contributed by atoms with Crippen LogP contribution in [0.25, 0.3) is 0 Å². The molecule has 0 amide bonds. The Labute approximate surface area is 90.2 Å². The van der Waals surface area contributed by atoms with Crippen LogP contribution in [-0.2, 0) is 0 Å². The zero-order chi connectivity index (χ0) is 11.6. The SMILES string of the molecule is CCCCCCCCC#CCC(F)(F)F. The van der Waals surface area contributed by atoms with Crippen LogP contribution in [0.5, 0.6) is 0 Å². The van der Waals surface area contributed by atoms with E-state index in [0.717, 1.165) is 12.8 Å². The maximum atomic E-state index is 11.7. The van der Waals surface area contributed by atoms with Crippen LogP contribution >= 0.6 is 0 Å². The molecule has 0 aliphatic rings. The molecular weight excluding hydrogens is 201 g/mol. The van der Waals surface area contributed by atoms with Gasteiger partial charge in [-0.1, -0.05) is 44.9 Å². The second-order valence-electron chi connectivity index (χ2n) is 3.66. The minimum atomic E-state index is -4.13. The fraction of sp³-hybridized carbons (Fsp3) is 0.833. The second-order valence-corrected chi connectivity index (χ2v) is 3.66. The molecule has 15 heavy (non-hydrogen) atoms. The summed E-state index contributed by atoms with van der Waals surface area (Å²) in [6.07, 6.45) is 2.38. The molecular formula is C12H19F3. The Hall–Kier alpha value is -0.650. The van der Waals surface area contributed by atoms with Gasteiger partial charge in [0.05, 0.1) is 0 Å². The fourth-order valence-electron chi connectivity index (χ4n) is 1.24. The molecule has 0 unspecified atom stereocenters. The molecule has 0 radical (unpaired) electrons. The average molecular weight is 220 g/mol. The van der Waals surface area contributed by atoms with Gasteiger partial charge in [-0.2, -0.15) is 13.2 Å². The molecule has 88 valence electrons. The van der Waals surface area contributed by atoms with Crippen molar-refractivity contribution in [1.82, 2.24) is 0 Å². The third-order valence-corrected chi connectivity index (χ3v) is 2.07. The Morgan fingerprint density at radius 1 is 0.867 bits per heavy atom. The zero-order valence-electron chi connectivity index (χ0n) is 9.29. The molecule has 0 aromatic heterocycles. The van der Waals surface area contributed by atoms with Gasteiger partial charge in [-0.05, 0) is 6.42 Å². The van der Waals surface area contributed by atoms with E-state index in [2.05, 4.69) is 18.8 Å². The van der Waals surface area contributed by atoms with Crippen molar-refractivity contribution in [2.45, 2.75) is 64.5 Å². The first-order chi connectivity index (χ1) is 7.06. The Bertz CT molecular complexity index is 195. The lowest BCUT2D eigenvalue weighted by atomic mass is 10.1. The van der Waals surface area contributed by atoms with Crippen molar-refractivity contribution in [2.24, 2.45) is 0 Å². The second kappa shape index (κ2) is 8.64. The summed E-state index contributed by atoms with van der Waals surface area (Å²) >= 11 is 0. The number of alkyl halides is 3. The molecule has 0 aliphatic heterocycles. The lowest BCUT2D eigenvalue weighted by Gasteiger charge is -1.98. The van der Waals surface area contributed by atoms with Crippen LogP contribution in [0.15, 0.2) is 0 Å². The van der Waals surface area contributed by atoms with Crippen molar-refractivity contribution in [3.63, 3.8) is 0 Å². The molecule has 0 atom stereocenters. The van der Waals surface area contributed by atoms with Crippen molar-refractivity contribution >= 4 is 0 Å². The number of hydrogen-bond acceptors (Lipinski definition) is 0. The van der Waals surface area contributed by atoms with Gasteiger partial charge in [0.25, 0.3) is 0 Å². The first-order valence-electron chi connectivity index (χ1n) is 5.58. The van der Waals surface area contributed by atoms with E-state index in [-0.39, 0.29) is 0 Å². The van der Waals surface area contributed by atoms with E-state index in [1.807, 2.05) is 0 Å². The van der Waals surface area contributed by atoms with Crippen LogP contribution in [0.4, 0.5) is 13.2 Å². The molecule has 0 aromatic rings. The smallest absolute Gasteiger partial charge is 0.170 e. The molecule has 0 rings (SSSR count). The average Bonchev–Trinajstić information content (AvgIpc) is 2.14. The normalized spacial score (nSPS) is 10.9. The minimum Gasteiger partial charge on any atom is -0.170 e. The maximum absolute atomic E-state index is 11.7. The summed E-state index contributed by atoms with van der Waals surface area (Å²) in [7, 11) is 0. The zero-order valence-corrected chi connectivity index (χ0v) is 9.29. The lowest BCUT2D eigenvalue weighted by molar-refractivity contribution is -0.123. The number of rotatable bonds is 6. The minimum absolute atomic E-state index is 0.599. The van der Waals surface area contributed by atoms with E-state index in [4.69, 9.17) is 0 Å². The highest BCUT2D eigenvalue weighted by Gasteiger charge is 2.24. The summed E-state index contributed by atoms with van der Waals surface area (Å²) < 4.78 is 35.0. The quantitative estimate of drug-likeness (QED) is 0.450. The van der Waals surface area contributed by atoms with E-state index in [1.165, 1.54) is 25.7 Å². The number of halogens is 3. The highest BCUT2D eigenvalue weighted by molar-refractivity contribution is 5.00. The molecule has 0 aromatic carbocycles. The summed E-state index contributed by atoms with van der Waals surface area (Å²) in [5.41, 5.74) is 0. The summed E-state index contributed by atoms with van der Waals surface area (Å²) in [5, 5.41) is 0. The molecule has 0 N–H and O–H groups in total. The molecule has 0 nitrogen and oxygen atoms in total. The van der Waals surface area contributed by atoms with Crippen LogP contribution < -0.4 is 0 Å².